The van der Waals surface area contributed by atoms with Gasteiger partial charge in [-0.05, 0) is 42.0 Å². The molecule has 1 amide bonds. The van der Waals surface area contributed by atoms with Crippen molar-refractivity contribution in [2.45, 2.75) is 4.90 Å². The van der Waals surface area contributed by atoms with Crippen LogP contribution in [0.4, 0.5) is 13.2 Å². The second-order valence-corrected chi connectivity index (χ2v) is 8.13. The van der Waals surface area contributed by atoms with Gasteiger partial charge in [0.2, 0.25) is 15.9 Å². The highest BCUT2D eigenvalue weighted by molar-refractivity contribution is 7.89. The minimum absolute atomic E-state index is 0.0391. The molecule has 5 nitrogen and oxygen atoms in total. The largest absolute Gasteiger partial charge is 0.337 e. The van der Waals surface area contributed by atoms with Crippen LogP contribution in [0.15, 0.2) is 53.4 Å². The lowest BCUT2D eigenvalue weighted by molar-refractivity contribution is -0.127. The molecular weight excluding hydrogens is 393 g/mol. The Morgan fingerprint density at radius 2 is 1.54 bits per heavy atom. The van der Waals surface area contributed by atoms with Gasteiger partial charge < -0.3 is 4.90 Å². The van der Waals surface area contributed by atoms with E-state index >= 15 is 0 Å². The molecule has 148 valence electrons. The van der Waals surface area contributed by atoms with Crippen molar-refractivity contribution in [2.75, 3.05) is 26.2 Å². The van der Waals surface area contributed by atoms with E-state index in [0.29, 0.717) is 11.6 Å². The highest BCUT2D eigenvalue weighted by Gasteiger charge is 2.30. The number of benzene rings is 2. The van der Waals surface area contributed by atoms with E-state index < -0.39 is 21.7 Å². The number of carbonyl (C=O) groups is 1. The summed E-state index contributed by atoms with van der Waals surface area (Å²) >= 11 is 0. The highest BCUT2D eigenvalue weighted by atomic mass is 32.2. The van der Waals surface area contributed by atoms with Crippen LogP contribution >= 0.6 is 0 Å². The van der Waals surface area contributed by atoms with Gasteiger partial charge in [-0.2, -0.15) is 4.31 Å². The predicted octanol–water partition coefficient (Wildman–Crippen LogP) is 2.65. The minimum atomic E-state index is -3.97. The predicted molar refractivity (Wildman–Crippen MR) is 97.1 cm³/mol. The summed E-state index contributed by atoms with van der Waals surface area (Å²) in [5.74, 6) is -3.03. The van der Waals surface area contributed by atoms with E-state index in [1.165, 1.54) is 35.2 Å². The lowest BCUT2D eigenvalue weighted by Gasteiger charge is -2.33. The smallest absolute Gasteiger partial charge is 0.246 e. The van der Waals surface area contributed by atoms with Crippen molar-refractivity contribution in [1.29, 1.82) is 0 Å². The molecule has 0 aliphatic carbocycles. The molecule has 1 heterocycles. The van der Waals surface area contributed by atoms with Crippen molar-refractivity contribution in [2.24, 2.45) is 0 Å². The molecule has 2 aromatic rings. The lowest BCUT2D eigenvalue weighted by atomic mass is 10.2. The van der Waals surface area contributed by atoms with E-state index in [1.807, 2.05) is 0 Å². The number of halogens is 3. The molecule has 1 aliphatic heterocycles. The summed E-state index contributed by atoms with van der Waals surface area (Å²) in [5, 5.41) is 0. The minimum Gasteiger partial charge on any atom is -0.337 e. The third-order valence-corrected chi connectivity index (χ3v) is 6.26. The number of carbonyl (C=O) groups excluding carboxylic acids is 1. The van der Waals surface area contributed by atoms with Gasteiger partial charge in [0.05, 0.1) is 4.90 Å². The Labute approximate surface area is 160 Å². The second-order valence-electron chi connectivity index (χ2n) is 6.19. The van der Waals surface area contributed by atoms with E-state index in [1.54, 1.807) is 6.08 Å². The van der Waals surface area contributed by atoms with E-state index in [9.17, 15) is 26.4 Å². The van der Waals surface area contributed by atoms with Crippen LogP contribution in [0.3, 0.4) is 0 Å². The lowest BCUT2D eigenvalue weighted by Crippen LogP contribution is -2.50. The van der Waals surface area contributed by atoms with Crippen molar-refractivity contribution in [3.63, 3.8) is 0 Å². The molecule has 3 rings (SSSR count). The van der Waals surface area contributed by atoms with Gasteiger partial charge >= 0.3 is 0 Å². The highest BCUT2D eigenvalue weighted by Crippen LogP contribution is 2.20. The standard InChI is InChI=1S/C19H17F3N2O3S/c20-15-4-1-14(2-5-15)3-8-19(25)23-9-11-24(12-10-23)28(26,27)16-6-7-17(21)18(22)13-16/h1-8,13H,9-12H2/b8-3+. The van der Waals surface area contributed by atoms with Crippen molar-refractivity contribution in [3.05, 3.63) is 71.6 Å². The summed E-state index contributed by atoms with van der Waals surface area (Å²) in [6.45, 7) is 0.403. The molecule has 0 unspecified atom stereocenters. The Balaban J connectivity index is 1.62. The van der Waals surface area contributed by atoms with Gasteiger partial charge in [-0.15, -0.1) is 0 Å². The Morgan fingerprint density at radius 1 is 0.893 bits per heavy atom. The van der Waals surface area contributed by atoms with Gasteiger partial charge in [-0.1, -0.05) is 12.1 Å². The monoisotopic (exact) mass is 410 g/mol. The fourth-order valence-corrected chi connectivity index (χ4v) is 4.22. The van der Waals surface area contributed by atoms with Gasteiger partial charge in [-0.25, -0.2) is 21.6 Å². The molecule has 0 N–H and O–H groups in total. The Bertz CT molecular complexity index is 1000. The molecule has 1 fully saturated rings. The third-order valence-electron chi connectivity index (χ3n) is 4.37. The summed E-state index contributed by atoms with van der Waals surface area (Å²) in [6.07, 6.45) is 2.89. The SMILES string of the molecule is O=C(/C=C/c1ccc(F)cc1)N1CCN(S(=O)(=O)c2ccc(F)c(F)c2)CC1. The Kier molecular flexibility index (Phi) is 5.85. The van der Waals surface area contributed by atoms with Crippen LogP contribution in [0.1, 0.15) is 5.56 Å². The zero-order valence-corrected chi connectivity index (χ0v) is 15.5. The molecular formula is C19H17F3N2O3S. The van der Waals surface area contributed by atoms with E-state index in [4.69, 9.17) is 0 Å². The first-order valence-electron chi connectivity index (χ1n) is 8.45. The number of piperazine rings is 1. The maximum atomic E-state index is 13.4. The molecule has 1 aliphatic rings. The van der Waals surface area contributed by atoms with Gasteiger partial charge in [0.1, 0.15) is 5.82 Å². The topological polar surface area (TPSA) is 57.7 Å². The first-order chi connectivity index (χ1) is 13.3. The van der Waals surface area contributed by atoms with Crippen molar-refractivity contribution >= 4 is 22.0 Å². The number of hydrogen-bond donors (Lipinski definition) is 0. The van der Waals surface area contributed by atoms with Crippen molar-refractivity contribution in [1.82, 2.24) is 9.21 Å². The van der Waals surface area contributed by atoms with Gasteiger partial charge in [-0.3, -0.25) is 4.79 Å². The summed E-state index contributed by atoms with van der Waals surface area (Å²) in [6, 6.07) is 8.06. The van der Waals surface area contributed by atoms with Crippen LogP contribution in [0.25, 0.3) is 6.08 Å². The fourth-order valence-electron chi connectivity index (χ4n) is 2.78. The van der Waals surface area contributed by atoms with Crippen LogP contribution < -0.4 is 0 Å². The van der Waals surface area contributed by atoms with Gasteiger partial charge in [0, 0.05) is 32.3 Å². The van der Waals surface area contributed by atoms with E-state index in [2.05, 4.69) is 0 Å². The molecule has 0 spiro atoms. The molecule has 0 saturated carbocycles. The van der Waals surface area contributed by atoms with Crippen LogP contribution in [-0.2, 0) is 14.8 Å². The average molecular weight is 410 g/mol. The molecule has 0 radical (unpaired) electrons. The van der Waals surface area contributed by atoms with E-state index in [0.717, 1.165) is 16.4 Å². The molecule has 0 bridgehead atoms. The number of rotatable bonds is 4. The molecule has 1 saturated heterocycles. The summed E-state index contributed by atoms with van der Waals surface area (Å²) in [5.41, 5.74) is 0.661. The zero-order chi connectivity index (χ0) is 20.3. The summed E-state index contributed by atoms with van der Waals surface area (Å²) in [4.78, 5) is 13.4. The summed E-state index contributed by atoms with van der Waals surface area (Å²) < 4.78 is 65.5. The Morgan fingerprint density at radius 3 is 2.14 bits per heavy atom. The average Bonchev–Trinajstić information content (AvgIpc) is 2.69. The number of nitrogens with zero attached hydrogens (tertiary/aromatic N) is 2. The van der Waals surface area contributed by atoms with Crippen LogP contribution in [-0.4, -0.2) is 49.7 Å². The quantitative estimate of drug-likeness (QED) is 0.729. The van der Waals surface area contributed by atoms with Crippen LogP contribution in [0.5, 0.6) is 0 Å². The third kappa shape index (κ3) is 4.42. The van der Waals surface area contributed by atoms with Crippen molar-refractivity contribution in [3.8, 4) is 0 Å². The molecule has 28 heavy (non-hydrogen) atoms. The molecule has 0 atom stereocenters. The summed E-state index contributed by atoms with van der Waals surface area (Å²) in [7, 11) is -3.97. The zero-order valence-electron chi connectivity index (χ0n) is 14.7. The number of hydrogen-bond acceptors (Lipinski definition) is 3. The molecule has 9 heteroatoms. The van der Waals surface area contributed by atoms with E-state index in [-0.39, 0.29) is 42.8 Å². The molecule has 2 aromatic carbocycles. The number of amides is 1. The first kappa shape index (κ1) is 20.1. The molecule has 0 aromatic heterocycles. The Hall–Kier alpha value is -2.65. The maximum absolute atomic E-state index is 13.4. The second kappa shape index (κ2) is 8.15. The van der Waals surface area contributed by atoms with Gasteiger partial charge in [0.15, 0.2) is 11.6 Å². The van der Waals surface area contributed by atoms with Gasteiger partial charge in [0.25, 0.3) is 0 Å². The van der Waals surface area contributed by atoms with Crippen LogP contribution in [0, 0.1) is 17.5 Å². The van der Waals surface area contributed by atoms with Crippen LogP contribution in [0.2, 0.25) is 0 Å². The number of sulfonamides is 1. The fraction of sp³-hybridized carbons (Fsp3) is 0.211. The van der Waals surface area contributed by atoms with Crippen molar-refractivity contribution < 1.29 is 26.4 Å². The maximum Gasteiger partial charge on any atom is 0.246 e. The first-order valence-corrected chi connectivity index (χ1v) is 9.89. The normalized spacial score (nSPS) is 15.9.